The fourth-order valence-electron chi connectivity index (χ4n) is 2.18. The average Bonchev–Trinajstić information content (AvgIpc) is 2.96. The minimum absolute atomic E-state index is 0.327. The normalized spacial score (nSPS) is 17.4. The van der Waals surface area contributed by atoms with Gasteiger partial charge in [0.15, 0.2) is 0 Å². The quantitative estimate of drug-likeness (QED) is 0.745. The first kappa shape index (κ1) is 11.8. The predicted octanol–water partition coefficient (Wildman–Crippen LogP) is 2.84. The fourth-order valence-corrected chi connectivity index (χ4v) is 2.90. The van der Waals surface area contributed by atoms with Crippen molar-refractivity contribution in [3.8, 4) is 0 Å². The maximum atomic E-state index is 5.79. The monoisotopic (exact) mass is 236 g/mol. The zero-order valence-corrected chi connectivity index (χ0v) is 10.4. The Labute approximate surface area is 102 Å². The SMILES string of the molecule is NCC(NCCC1=CCCC1)c1ccsc1. The lowest BCUT2D eigenvalue weighted by Gasteiger charge is -2.15. The Kier molecular flexibility index (Phi) is 4.57. The number of hydrogen-bond acceptors (Lipinski definition) is 3. The molecule has 16 heavy (non-hydrogen) atoms. The van der Waals surface area contributed by atoms with Gasteiger partial charge in [-0.05, 0) is 54.6 Å². The molecular formula is C13H20N2S. The van der Waals surface area contributed by atoms with Crippen molar-refractivity contribution in [2.24, 2.45) is 5.73 Å². The fraction of sp³-hybridized carbons (Fsp3) is 0.538. The van der Waals surface area contributed by atoms with Crippen LogP contribution in [0, 0.1) is 0 Å². The average molecular weight is 236 g/mol. The molecule has 1 unspecified atom stereocenters. The lowest BCUT2D eigenvalue weighted by molar-refractivity contribution is 0.543. The molecule has 1 aromatic rings. The third kappa shape index (κ3) is 3.17. The Morgan fingerprint density at radius 1 is 1.50 bits per heavy atom. The molecule has 2 rings (SSSR count). The summed E-state index contributed by atoms with van der Waals surface area (Å²) in [5, 5.41) is 7.83. The molecule has 3 heteroatoms. The highest BCUT2D eigenvalue weighted by Gasteiger charge is 2.10. The molecule has 1 aliphatic carbocycles. The molecule has 2 nitrogen and oxygen atoms in total. The van der Waals surface area contributed by atoms with E-state index in [0.29, 0.717) is 12.6 Å². The van der Waals surface area contributed by atoms with Crippen LogP contribution >= 0.6 is 11.3 Å². The maximum absolute atomic E-state index is 5.79. The number of nitrogens with two attached hydrogens (primary N) is 1. The molecular weight excluding hydrogens is 216 g/mol. The number of hydrogen-bond donors (Lipinski definition) is 2. The third-order valence-electron chi connectivity index (χ3n) is 3.15. The first-order valence-corrected chi connectivity index (χ1v) is 6.98. The first-order chi connectivity index (χ1) is 7.90. The van der Waals surface area contributed by atoms with Crippen LogP contribution in [0.3, 0.4) is 0 Å². The van der Waals surface area contributed by atoms with Gasteiger partial charge >= 0.3 is 0 Å². The smallest absolute Gasteiger partial charge is 0.0452 e. The number of rotatable bonds is 6. The van der Waals surface area contributed by atoms with Crippen molar-refractivity contribution < 1.29 is 0 Å². The zero-order chi connectivity index (χ0) is 11.2. The maximum Gasteiger partial charge on any atom is 0.0452 e. The minimum Gasteiger partial charge on any atom is -0.329 e. The third-order valence-corrected chi connectivity index (χ3v) is 3.85. The lowest BCUT2D eigenvalue weighted by atomic mass is 10.1. The summed E-state index contributed by atoms with van der Waals surface area (Å²) in [5.41, 5.74) is 8.73. The Morgan fingerprint density at radius 3 is 3.06 bits per heavy atom. The van der Waals surface area contributed by atoms with Crippen LogP contribution in [0.5, 0.6) is 0 Å². The summed E-state index contributed by atoms with van der Waals surface area (Å²) in [5.74, 6) is 0. The van der Waals surface area contributed by atoms with Gasteiger partial charge in [-0.1, -0.05) is 11.6 Å². The molecule has 0 amide bonds. The highest BCUT2D eigenvalue weighted by Crippen LogP contribution is 2.20. The van der Waals surface area contributed by atoms with Crippen LogP contribution in [0.4, 0.5) is 0 Å². The zero-order valence-electron chi connectivity index (χ0n) is 9.61. The summed E-state index contributed by atoms with van der Waals surface area (Å²) in [7, 11) is 0. The van der Waals surface area contributed by atoms with E-state index in [1.54, 1.807) is 16.9 Å². The molecule has 0 saturated carbocycles. The van der Waals surface area contributed by atoms with E-state index in [1.807, 2.05) is 0 Å². The molecule has 0 aliphatic heterocycles. The van der Waals surface area contributed by atoms with Gasteiger partial charge in [0.25, 0.3) is 0 Å². The highest BCUT2D eigenvalue weighted by molar-refractivity contribution is 7.07. The van der Waals surface area contributed by atoms with Gasteiger partial charge in [-0.2, -0.15) is 11.3 Å². The molecule has 88 valence electrons. The van der Waals surface area contributed by atoms with Crippen molar-refractivity contribution in [2.75, 3.05) is 13.1 Å². The molecule has 3 N–H and O–H groups in total. The van der Waals surface area contributed by atoms with Crippen LogP contribution in [0.1, 0.15) is 37.3 Å². The molecule has 0 bridgehead atoms. The molecule has 0 spiro atoms. The summed E-state index contributed by atoms with van der Waals surface area (Å²) in [6, 6.07) is 2.48. The number of thiophene rings is 1. The summed E-state index contributed by atoms with van der Waals surface area (Å²) in [6.07, 6.45) is 7.50. The second-order valence-electron chi connectivity index (χ2n) is 4.30. The van der Waals surface area contributed by atoms with Gasteiger partial charge in [0.05, 0.1) is 0 Å². The van der Waals surface area contributed by atoms with E-state index in [9.17, 15) is 0 Å². The number of nitrogens with one attached hydrogen (secondary N) is 1. The van der Waals surface area contributed by atoms with Crippen LogP contribution in [0.25, 0.3) is 0 Å². The van der Waals surface area contributed by atoms with Gasteiger partial charge in [0.2, 0.25) is 0 Å². The van der Waals surface area contributed by atoms with E-state index in [0.717, 1.165) is 6.54 Å². The molecule has 1 aliphatic rings. The predicted molar refractivity (Wildman–Crippen MR) is 70.7 cm³/mol. The highest BCUT2D eigenvalue weighted by atomic mass is 32.1. The van der Waals surface area contributed by atoms with Gasteiger partial charge in [-0.25, -0.2) is 0 Å². The van der Waals surface area contributed by atoms with Crippen molar-refractivity contribution in [2.45, 2.75) is 31.7 Å². The Bertz CT molecular complexity index is 330. The van der Waals surface area contributed by atoms with Crippen molar-refractivity contribution >= 4 is 11.3 Å². The molecule has 0 aromatic carbocycles. The van der Waals surface area contributed by atoms with Gasteiger partial charge in [0, 0.05) is 12.6 Å². The van der Waals surface area contributed by atoms with Crippen molar-refractivity contribution in [1.82, 2.24) is 5.32 Å². The van der Waals surface area contributed by atoms with Crippen LogP contribution in [0.2, 0.25) is 0 Å². The summed E-state index contributed by atoms with van der Waals surface area (Å²) >= 11 is 1.74. The van der Waals surface area contributed by atoms with Gasteiger partial charge in [-0.3, -0.25) is 0 Å². The molecule has 0 fully saturated rings. The van der Waals surface area contributed by atoms with Crippen molar-refractivity contribution in [1.29, 1.82) is 0 Å². The number of allylic oxidation sites excluding steroid dienone is 1. The van der Waals surface area contributed by atoms with Gasteiger partial charge in [-0.15, -0.1) is 0 Å². The Hall–Kier alpha value is -0.640. The van der Waals surface area contributed by atoms with Crippen LogP contribution < -0.4 is 11.1 Å². The van der Waals surface area contributed by atoms with Crippen molar-refractivity contribution in [3.05, 3.63) is 34.0 Å². The van der Waals surface area contributed by atoms with E-state index in [4.69, 9.17) is 5.73 Å². The standard InChI is InChI=1S/C13H20N2S/c14-9-13(12-6-8-16-10-12)15-7-5-11-3-1-2-4-11/h3,6,8,10,13,15H,1-2,4-5,7,9,14H2. The lowest BCUT2D eigenvalue weighted by Crippen LogP contribution is -2.28. The topological polar surface area (TPSA) is 38.0 Å². The second kappa shape index (κ2) is 6.18. The molecule has 1 atom stereocenters. The van der Waals surface area contributed by atoms with E-state index >= 15 is 0 Å². The molecule has 1 heterocycles. The molecule has 1 aromatic heterocycles. The second-order valence-corrected chi connectivity index (χ2v) is 5.08. The van der Waals surface area contributed by atoms with Crippen molar-refractivity contribution in [3.63, 3.8) is 0 Å². The van der Waals surface area contributed by atoms with E-state index in [-0.39, 0.29) is 0 Å². The summed E-state index contributed by atoms with van der Waals surface area (Å²) in [4.78, 5) is 0. The largest absolute Gasteiger partial charge is 0.329 e. The minimum atomic E-state index is 0.327. The molecule has 0 radical (unpaired) electrons. The Balaban J connectivity index is 1.75. The Morgan fingerprint density at radius 2 is 2.44 bits per heavy atom. The summed E-state index contributed by atoms with van der Waals surface area (Å²) < 4.78 is 0. The van der Waals surface area contributed by atoms with Crippen LogP contribution in [-0.2, 0) is 0 Å². The van der Waals surface area contributed by atoms with E-state index in [2.05, 4.69) is 28.2 Å². The molecule has 0 saturated heterocycles. The first-order valence-electron chi connectivity index (χ1n) is 6.03. The summed E-state index contributed by atoms with van der Waals surface area (Å²) in [6.45, 7) is 1.72. The van der Waals surface area contributed by atoms with E-state index < -0.39 is 0 Å². The van der Waals surface area contributed by atoms with Gasteiger partial charge < -0.3 is 11.1 Å². The van der Waals surface area contributed by atoms with Crippen LogP contribution in [0.15, 0.2) is 28.5 Å². The van der Waals surface area contributed by atoms with E-state index in [1.165, 1.54) is 31.2 Å². The van der Waals surface area contributed by atoms with Gasteiger partial charge in [0.1, 0.15) is 0 Å². The van der Waals surface area contributed by atoms with Crippen LogP contribution in [-0.4, -0.2) is 13.1 Å².